The van der Waals surface area contributed by atoms with E-state index in [0.29, 0.717) is 18.0 Å². The van der Waals surface area contributed by atoms with Gasteiger partial charge in [-0.15, -0.1) is 0 Å². The van der Waals surface area contributed by atoms with Gasteiger partial charge in [-0.3, -0.25) is 13.9 Å². The minimum absolute atomic E-state index is 0.0990. The number of anilines is 1. The Hall–Kier alpha value is -3.07. The van der Waals surface area contributed by atoms with Gasteiger partial charge in [0.25, 0.3) is 0 Å². The maximum atomic E-state index is 13.6. The summed E-state index contributed by atoms with van der Waals surface area (Å²) in [5.41, 5.74) is 2.13. The molecule has 0 aliphatic carbocycles. The number of sulfonamides is 1. The van der Waals surface area contributed by atoms with Crippen molar-refractivity contribution in [3.63, 3.8) is 0 Å². The normalized spacial score (nSPS) is 12.7. The van der Waals surface area contributed by atoms with Crippen LogP contribution < -0.4 is 14.4 Å². The predicted octanol–water partition coefficient (Wildman–Crippen LogP) is 3.95. The molecule has 0 saturated heterocycles. The zero-order chi connectivity index (χ0) is 28.0. The van der Waals surface area contributed by atoms with Gasteiger partial charge in [0.2, 0.25) is 21.8 Å². The molecule has 2 amide bonds. The number of nitrogens with zero attached hydrogens (tertiary/aromatic N) is 2. The van der Waals surface area contributed by atoms with Crippen LogP contribution in [0.5, 0.6) is 5.75 Å². The number of nitrogens with one attached hydrogen (secondary N) is 1. The summed E-state index contributed by atoms with van der Waals surface area (Å²) in [6.07, 6.45) is 1.07. The monoisotopic (exact) mass is 531 g/mol. The number of ether oxygens (including phenoxy) is 1. The van der Waals surface area contributed by atoms with Gasteiger partial charge in [0.05, 0.1) is 19.1 Å². The molecule has 0 fully saturated rings. The van der Waals surface area contributed by atoms with Gasteiger partial charge in [-0.05, 0) is 53.6 Å². The third kappa shape index (κ3) is 8.77. The lowest BCUT2D eigenvalue weighted by molar-refractivity contribution is -0.139. The van der Waals surface area contributed by atoms with Crippen LogP contribution >= 0.6 is 0 Å². The third-order valence-electron chi connectivity index (χ3n) is 6.06. The van der Waals surface area contributed by atoms with Gasteiger partial charge in [-0.2, -0.15) is 0 Å². The molecule has 2 rings (SSSR count). The van der Waals surface area contributed by atoms with Crippen molar-refractivity contribution in [1.29, 1.82) is 0 Å². The fourth-order valence-electron chi connectivity index (χ4n) is 3.70. The molecule has 0 aliphatic heterocycles. The second-order valence-electron chi connectivity index (χ2n) is 10.8. The average Bonchev–Trinajstić information content (AvgIpc) is 2.83. The Morgan fingerprint density at radius 1 is 0.973 bits per heavy atom. The first-order chi connectivity index (χ1) is 17.1. The van der Waals surface area contributed by atoms with E-state index >= 15 is 0 Å². The molecule has 2 aromatic rings. The second-order valence-corrected chi connectivity index (χ2v) is 12.7. The van der Waals surface area contributed by atoms with Crippen molar-refractivity contribution in [2.75, 3.05) is 30.8 Å². The summed E-state index contributed by atoms with van der Waals surface area (Å²) in [4.78, 5) is 28.0. The number of amides is 2. The summed E-state index contributed by atoms with van der Waals surface area (Å²) in [5, 5.41) is 2.87. The maximum Gasteiger partial charge on any atom is 0.244 e. The number of methoxy groups -OCH3 is 1. The summed E-state index contributed by atoms with van der Waals surface area (Å²) in [6.45, 7) is 12.0. The Balaban J connectivity index is 2.38. The van der Waals surface area contributed by atoms with Crippen molar-refractivity contribution in [3.05, 3.63) is 59.7 Å². The molecule has 8 nitrogen and oxygen atoms in total. The average molecular weight is 532 g/mol. The lowest BCUT2D eigenvalue weighted by atomic mass is 9.87. The minimum atomic E-state index is -3.78. The van der Waals surface area contributed by atoms with Gasteiger partial charge < -0.3 is 15.0 Å². The van der Waals surface area contributed by atoms with Crippen molar-refractivity contribution in [1.82, 2.24) is 10.2 Å². The summed E-state index contributed by atoms with van der Waals surface area (Å²) >= 11 is 0. The minimum Gasteiger partial charge on any atom is -0.497 e. The molecule has 1 atom stereocenters. The molecule has 2 aromatic carbocycles. The SMILES string of the molecule is COc1ccc(CN(C(=O)CN(c2ccc(C(C)(C)C)cc2)S(C)(=O)=O)C(C)C(=O)NCC(C)C)cc1. The lowest BCUT2D eigenvalue weighted by Gasteiger charge is -2.32. The molecule has 1 unspecified atom stereocenters. The molecular formula is C28H41N3O5S. The van der Waals surface area contributed by atoms with Crippen molar-refractivity contribution in [3.8, 4) is 5.75 Å². The second kappa shape index (κ2) is 12.4. The molecule has 0 aliphatic rings. The van der Waals surface area contributed by atoms with Gasteiger partial charge >= 0.3 is 0 Å². The number of carbonyl (C=O) groups excluding carboxylic acids is 2. The topological polar surface area (TPSA) is 96.0 Å². The molecule has 37 heavy (non-hydrogen) atoms. The summed E-state index contributed by atoms with van der Waals surface area (Å²) in [5.74, 6) is 0.148. The van der Waals surface area contributed by atoms with Crippen LogP contribution in [0.2, 0.25) is 0 Å². The molecule has 204 valence electrons. The predicted molar refractivity (Wildman–Crippen MR) is 148 cm³/mol. The van der Waals surface area contributed by atoms with Crippen LogP contribution in [0.3, 0.4) is 0 Å². The van der Waals surface area contributed by atoms with E-state index in [2.05, 4.69) is 26.1 Å². The van der Waals surface area contributed by atoms with E-state index in [1.807, 2.05) is 38.1 Å². The first kappa shape index (κ1) is 30.2. The Morgan fingerprint density at radius 3 is 2.00 bits per heavy atom. The van der Waals surface area contributed by atoms with Gasteiger partial charge in [0, 0.05) is 13.1 Å². The summed E-state index contributed by atoms with van der Waals surface area (Å²) < 4.78 is 31.8. The third-order valence-corrected chi connectivity index (χ3v) is 7.20. The highest BCUT2D eigenvalue weighted by Crippen LogP contribution is 2.26. The van der Waals surface area contributed by atoms with Crippen LogP contribution in [0.25, 0.3) is 0 Å². The first-order valence-corrected chi connectivity index (χ1v) is 14.3. The molecule has 0 heterocycles. The Labute approximate surface area is 222 Å². The van der Waals surface area contributed by atoms with Crippen molar-refractivity contribution in [2.45, 2.75) is 59.5 Å². The van der Waals surface area contributed by atoms with E-state index in [1.54, 1.807) is 38.3 Å². The molecule has 0 spiro atoms. The highest BCUT2D eigenvalue weighted by molar-refractivity contribution is 7.92. The zero-order valence-corrected chi connectivity index (χ0v) is 24.1. The van der Waals surface area contributed by atoms with Gasteiger partial charge in [-0.1, -0.05) is 58.9 Å². The number of hydrogen-bond acceptors (Lipinski definition) is 5. The molecule has 9 heteroatoms. The van der Waals surface area contributed by atoms with Crippen LogP contribution in [0.15, 0.2) is 48.5 Å². The molecule has 0 bridgehead atoms. The highest BCUT2D eigenvalue weighted by Gasteiger charge is 2.30. The van der Waals surface area contributed by atoms with Crippen molar-refractivity contribution in [2.24, 2.45) is 5.92 Å². The van der Waals surface area contributed by atoms with Crippen LogP contribution in [-0.4, -0.2) is 57.6 Å². The number of rotatable bonds is 11. The molecule has 0 aromatic heterocycles. The highest BCUT2D eigenvalue weighted by atomic mass is 32.2. The smallest absolute Gasteiger partial charge is 0.244 e. The first-order valence-electron chi connectivity index (χ1n) is 12.4. The van der Waals surface area contributed by atoms with Crippen LogP contribution in [-0.2, 0) is 31.6 Å². The largest absolute Gasteiger partial charge is 0.497 e. The van der Waals surface area contributed by atoms with E-state index < -0.39 is 28.5 Å². The standard InChI is InChI=1S/C28H41N3O5S/c1-20(2)17-29-27(33)21(3)30(18-22-9-15-25(36-7)16-10-22)26(32)19-31(37(8,34)35)24-13-11-23(12-14-24)28(4,5)6/h9-16,20-21H,17-19H2,1-8H3,(H,29,33). The van der Waals surface area contributed by atoms with E-state index in [4.69, 9.17) is 4.74 Å². The summed E-state index contributed by atoms with van der Waals surface area (Å²) in [6, 6.07) is 13.5. The van der Waals surface area contributed by atoms with Crippen molar-refractivity contribution >= 4 is 27.5 Å². The number of carbonyl (C=O) groups is 2. The molecule has 0 radical (unpaired) electrons. The van der Waals surface area contributed by atoms with Crippen LogP contribution in [0, 0.1) is 5.92 Å². The van der Waals surface area contributed by atoms with Gasteiger partial charge in [0.15, 0.2) is 0 Å². The van der Waals surface area contributed by atoms with Gasteiger partial charge in [-0.25, -0.2) is 8.42 Å². The van der Waals surface area contributed by atoms with Crippen molar-refractivity contribution < 1.29 is 22.7 Å². The maximum absolute atomic E-state index is 13.6. The lowest BCUT2D eigenvalue weighted by Crippen LogP contribution is -2.51. The summed E-state index contributed by atoms with van der Waals surface area (Å²) in [7, 11) is -2.21. The molecule has 0 saturated carbocycles. The van der Waals surface area contributed by atoms with E-state index in [1.165, 1.54) is 4.90 Å². The van der Waals surface area contributed by atoms with Crippen LogP contribution in [0.4, 0.5) is 5.69 Å². The van der Waals surface area contributed by atoms with Crippen LogP contribution in [0.1, 0.15) is 52.7 Å². The fraction of sp³-hybridized carbons (Fsp3) is 0.500. The molecular weight excluding hydrogens is 490 g/mol. The quantitative estimate of drug-likeness (QED) is 0.474. The zero-order valence-electron chi connectivity index (χ0n) is 23.2. The van der Waals surface area contributed by atoms with E-state index in [0.717, 1.165) is 21.7 Å². The Morgan fingerprint density at radius 2 is 1.54 bits per heavy atom. The Bertz CT molecular complexity index is 1150. The van der Waals surface area contributed by atoms with E-state index in [9.17, 15) is 18.0 Å². The van der Waals surface area contributed by atoms with E-state index in [-0.39, 0.29) is 23.8 Å². The number of benzene rings is 2. The van der Waals surface area contributed by atoms with Gasteiger partial charge in [0.1, 0.15) is 18.3 Å². The Kier molecular flexibility index (Phi) is 10.1. The fourth-order valence-corrected chi connectivity index (χ4v) is 4.55. The number of hydrogen-bond donors (Lipinski definition) is 1. The molecule has 1 N–H and O–H groups in total.